The van der Waals surface area contributed by atoms with Gasteiger partial charge in [0, 0.05) is 19.9 Å². The van der Waals surface area contributed by atoms with Gasteiger partial charge in [-0.25, -0.2) is 8.42 Å². The van der Waals surface area contributed by atoms with Gasteiger partial charge in [0.15, 0.2) is 0 Å². The van der Waals surface area contributed by atoms with Crippen molar-refractivity contribution in [2.75, 3.05) is 37.4 Å². The first kappa shape index (κ1) is 20.9. The number of carbonyl (C=O) groups excluding carboxylic acids is 1. The summed E-state index contributed by atoms with van der Waals surface area (Å²) in [4.78, 5) is 18.7. The molecule has 0 fully saturated rings. The fourth-order valence-corrected chi connectivity index (χ4v) is 3.53. The molecule has 7 nitrogen and oxygen atoms in total. The molecule has 146 valence electrons. The van der Waals surface area contributed by atoms with E-state index in [1.165, 1.54) is 0 Å². The van der Waals surface area contributed by atoms with E-state index in [1.54, 1.807) is 36.4 Å². The predicted molar refractivity (Wildman–Crippen MR) is 105 cm³/mol. The molecule has 1 heterocycles. The number of nitrogens with zero attached hydrogens (tertiary/aromatic N) is 3. The number of amides is 1. The van der Waals surface area contributed by atoms with Gasteiger partial charge in [0.05, 0.1) is 30.8 Å². The van der Waals surface area contributed by atoms with E-state index < -0.39 is 10.0 Å². The quantitative estimate of drug-likeness (QED) is 0.652. The fourth-order valence-electron chi connectivity index (χ4n) is 2.63. The number of aryl methyl sites for hydroxylation is 1. The predicted octanol–water partition coefficient (Wildman–Crippen LogP) is 1.83. The van der Waals surface area contributed by atoms with Gasteiger partial charge in [-0.05, 0) is 30.7 Å². The van der Waals surface area contributed by atoms with Crippen LogP contribution in [-0.2, 0) is 26.1 Å². The molecule has 1 aromatic carbocycles. The summed E-state index contributed by atoms with van der Waals surface area (Å²) in [6.45, 7) is 2.52. The largest absolute Gasteiger partial charge is 0.383 e. The van der Waals surface area contributed by atoms with Crippen molar-refractivity contribution in [1.29, 1.82) is 0 Å². The molecule has 8 heteroatoms. The number of hydrogen-bond acceptors (Lipinski definition) is 5. The molecule has 0 spiro atoms. The van der Waals surface area contributed by atoms with Crippen molar-refractivity contribution in [3.63, 3.8) is 0 Å². The van der Waals surface area contributed by atoms with Gasteiger partial charge in [-0.1, -0.05) is 24.3 Å². The van der Waals surface area contributed by atoms with Crippen LogP contribution in [0.5, 0.6) is 0 Å². The highest BCUT2D eigenvalue weighted by Gasteiger charge is 2.25. The molecule has 0 aliphatic rings. The molecule has 1 aromatic heterocycles. The van der Waals surface area contributed by atoms with Crippen molar-refractivity contribution in [2.24, 2.45) is 0 Å². The average molecular weight is 391 g/mol. The standard InChI is InChI=1S/C19H25N3O4S/c1-16-8-4-5-10-18(16)22(27(3,24)25)15-19(23)21(12-13-26-2)14-17-9-6-7-11-20-17/h4-11H,12-15H2,1-3H3. The highest BCUT2D eigenvalue weighted by molar-refractivity contribution is 7.92. The van der Waals surface area contributed by atoms with Gasteiger partial charge < -0.3 is 9.64 Å². The minimum absolute atomic E-state index is 0.278. The molecular weight excluding hydrogens is 366 g/mol. The van der Waals surface area contributed by atoms with Crippen LogP contribution in [0.4, 0.5) is 5.69 Å². The molecule has 0 radical (unpaired) electrons. The maximum Gasteiger partial charge on any atom is 0.243 e. The summed E-state index contributed by atoms with van der Waals surface area (Å²) in [7, 11) is -2.07. The summed E-state index contributed by atoms with van der Waals surface area (Å²) in [6, 6.07) is 12.6. The second-order valence-electron chi connectivity index (χ2n) is 6.19. The molecule has 0 aliphatic carbocycles. The zero-order valence-corrected chi connectivity index (χ0v) is 16.6. The van der Waals surface area contributed by atoms with Crippen molar-refractivity contribution in [3.8, 4) is 0 Å². The summed E-state index contributed by atoms with van der Waals surface area (Å²) in [5.74, 6) is -0.314. The van der Waals surface area contributed by atoms with Crippen molar-refractivity contribution in [2.45, 2.75) is 13.5 Å². The average Bonchev–Trinajstić information content (AvgIpc) is 2.63. The van der Waals surface area contributed by atoms with Crippen molar-refractivity contribution >= 4 is 21.6 Å². The number of anilines is 1. The van der Waals surface area contributed by atoms with E-state index >= 15 is 0 Å². The number of ether oxygens (including phenoxy) is 1. The maximum absolute atomic E-state index is 12.9. The number of aromatic nitrogens is 1. The molecule has 0 saturated heterocycles. The van der Waals surface area contributed by atoms with Crippen LogP contribution in [0.3, 0.4) is 0 Å². The first-order valence-electron chi connectivity index (χ1n) is 8.53. The number of para-hydroxylation sites is 1. The van der Waals surface area contributed by atoms with Crippen molar-refractivity contribution in [1.82, 2.24) is 9.88 Å². The third-order valence-electron chi connectivity index (χ3n) is 4.06. The fraction of sp³-hybridized carbons (Fsp3) is 0.368. The van der Waals surface area contributed by atoms with E-state index in [9.17, 15) is 13.2 Å². The smallest absolute Gasteiger partial charge is 0.243 e. The number of sulfonamides is 1. The van der Waals surface area contributed by atoms with Gasteiger partial charge in [0.25, 0.3) is 0 Å². The Morgan fingerprint density at radius 1 is 1.15 bits per heavy atom. The Hall–Kier alpha value is -2.45. The third kappa shape index (κ3) is 6.04. The first-order chi connectivity index (χ1) is 12.8. The SMILES string of the molecule is COCCN(Cc1ccccn1)C(=O)CN(c1ccccc1C)S(C)(=O)=O. The summed E-state index contributed by atoms with van der Waals surface area (Å²) in [5.41, 5.74) is 2.01. The van der Waals surface area contributed by atoms with Crippen LogP contribution < -0.4 is 4.31 Å². The normalized spacial score (nSPS) is 11.2. The van der Waals surface area contributed by atoms with Gasteiger partial charge in [-0.2, -0.15) is 0 Å². The Morgan fingerprint density at radius 3 is 2.44 bits per heavy atom. The molecule has 0 unspecified atom stereocenters. The molecule has 1 amide bonds. The van der Waals surface area contributed by atoms with E-state index in [0.717, 1.165) is 21.8 Å². The zero-order chi connectivity index (χ0) is 19.9. The second-order valence-corrected chi connectivity index (χ2v) is 8.09. The van der Waals surface area contributed by atoms with Crippen LogP contribution in [0, 0.1) is 6.92 Å². The molecule has 0 aliphatic heterocycles. The van der Waals surface area contributed by atoms with E-state index in [-0.39, 0.29) is 19.0 Å². The lowest BCUT2D eigenvalue weighted by Crippen LogP contribution is -2.43. The number of hydrogen-bond donors (Lipinski definition) is 0. The van der Waals surface area contributed by atoms with E-state index in [1.807, 2.05) is 31.2 Å². The molecule has 0 atom stereocenters. The Balaban J connectivity index is 2.25. The minimum atomic E-state index is -3.62. The van der Waals surface area contributed by atoms with Crippen molar-refractivity contribution in [3.05, 3.63) is 59.9 Å². The second kappa shape index (κ2) is 9.48. The van der Waals surface area contributed by atoms with Gasteiger partial charge in [-0.15, -0.1) is 0 Å². The molecule has 0 saturated carbocycles. The lowest BCUT2D eigenvalue weighted by Gasteiger charge is -2.28. The number of pyridine rings is 1. The first-order valence-corrected chi connectivity index (χ1v) is 10.4. The molecule has 0 bridgehead atoms. The molecule has 27 heavy (non-hydrogen) atoms. The van der Waals surface area contributed by atoms with Gasteiger partial charge >= 0.3 is 0 Å². The van der Waals surface area contributed by atoms with Crippen LogP contribution in [0.25, 0.3) is 0 Å². The van der Waals surface area contributed by atoms with Gasteiger partial charge in [-0.3, -0.25) is 14.1 Å². The number of benzene rings is 1. The summed E-state index contributed by atoms with van der Waals surface area (Å²) in [5, 5.41) is 0. The Bertz CT molecular complexity index is 856. The molecular formula is C19H25N3O4S. The summed E-state index contributed by atoms with van der Waals surface area (Å²) in [6.07, 6.45) is 2.76. The monoisotopic (exact) mass is 391 g/mol. The van der Waals surface area contributed by atoms with Crippen LogP contribution in [0.15, 0.2) is 48.7 Å². The van der Waals surface area contributed by atoms with Crippen molar-refractivity contribution < 1.29 is 17.9 Å². The summed E-state index contributed by atoms with van der Waals surface area (Å²) < 4.78 is 30.9. The van der Waals surface area contributed by atoms with Crippen LogP contribution in [-0.4, -0.2) is 57.3 Å². The highest BCUT2D eigenvalue weighted by atomic mass is 32.2. The summed E-state index contributed by atoms with van der Waals surface area (Å²) >= 11 is 0. The Morgan fingerprint density at radius 2 is 1.85 bits per heavy atom. The molecule has 0 N–H and O–H groups in total. The Kier molecular flexibility index (Phi) is 7.32. The molecule has 2 aromatic rings. The minimum Gasteiger partial charge on any atom is -0.383 e. The maximum atomic E-state index is 12.9. The topological polar surface area (TPSA) is 79.8 Å². The van der Waals surface area contributed by atoms with Gasteiger partial charge in [0.2, 0.25) is 15.9 Å². The lowest BCUT2D eigenvalue weighted by atomic mass is 10.2. The van der Waals surface area contributed by atoms with Crippen LogP contribution in [0.1, 0.15) is 11.3 Å². The van der Waals surface area contributed by atoms with E-state index in [4.69, 9.17) is 4.74 Å². The van der Waals surface area contributed by atoms with E-state index in [0.29, 0.717) is 18.8 Å². The van der Waals surface area contributed by atoms with E-state index in [2.05, 4.69) is 4.98 Å². The number of carbonyl (C=O) groups is 1. The highest BCUT2D eigenvalue weighted by Crippen LogP contribution is 2.22. The number of rotatable bonds is 9. The Labute approximate surface area is 160 Å². The third-order valence-corrected chi connectivity index (χ3v) is 5.19. The van der Waals surface area contributed by atoms with Gasteiger partial charge in [0.1, 0.15) is 6.54 Å². The van der Waals surface area contributed by atoms with Crippen LogP contribution in [0.2, 0.25) is 0 Å². The number of methoxy groups -OCH3 is 1. The zero-order valence-electron chi connectivity index (χ0n) is 15.8. The van der Waals surface area contributed by atoms with Crippen LogP contribution >= 0.6 is 0 Å². The molecule has 2 rings (SSSR count). The lowest BCUT2D eigenvalue weighted by molar-refractivity contribution is -0.130.